The number of carbonyl (C=O) groups excluding carboxylic acids is 1. The molecule has 1 saturated heterocycles. The van der Waals surface area contributed by atoms with E-state index in [1.54, 1.807) is 18.6 Å². The Morgan fingerprint density at radius 3 is 2.68 bits per heavy atom. The summed E-state index contributed by atoms with van der Waals surface area (Å²) in [7, 11) is 0. The molecule has 0 saturated carbocycles. The molecule has 3 aromatic rings. The summed E-state index contributed by atoms with van der Waals surface area (Å²) < 4.78 is 0. The van der Waals surface area contributed by atoms with Crippen LogP contribution in [-0.4, -0.2) is 45.6 Å². The van der Waals surface area contributed by atoms with Crippen LogP contribution in [0.4, 0.5) is 5.82 Å². The van der Waals surface area contributed by atoms with Crippen molar-refractivity contribution < 1.29 is 4.79 Å². The second kappa shape index (κ2) is 6.94. The van der Waals surface area contributed by atoms with E-state index in [1.165, 1.54) is 12.8 Å². The third-order valence-electron chi connectivity index (χ3n) is 4.47. The molecule has 25 heavy (non-hydrogen) atoms. The maximum absolute atomic E-state index is 12.2. The van der Waals surface area contributed by atoms with Crippen LogP contribution in [0.1, 0.15) is 12.8 Å². The zero-order valence-corrected chi connectivity index (χ0v) is 13.9. The number of nitrogens with zero attached hydrogens (tertiary/aromatic N) is 4. The first kappa shape index (κ1) is 15.7. The molecule has 1 aliphatic heterocycles. The highest BCUT2D eigenvalue weighted by Crippen LogP contribution is 2.24. The molecule has 0 bridgehead atoms. The van der Waals surface area contributed by atoms with Gasteiger partial charge in [0.2, 0.25) is 5.91 Å². The highest BCUT2D eigenvalue weighted by molar-refractivity contribution is 5.94. The van der Waals surface area contributed by atoms with Crippen LogP contribution in [0.2, 0.25) is 0 Å². The Morgan fingerprint density at radius 1 is 1.00 bits per heavy atom. The summed E-state index contributed by atoms with van der Waals surface area (Å²) in [6, 6.07) is 9.97. The number of hydrogen-bond donors (Lipinski definition) is 1. The molecule has 6 heteroatoms. The van der Waals surface area contributed by atoms with Crippen LogP contribution in [0.3, 0.4) is 0 Å². The van der Waals surface area contributed by atoms with Crippen molar-refractivity contribution >= 4 is 22.5 Å². The Balaban J connectivity index is 1.55. The van der Waals surface area contributed by atoms with E-state index in [4.69, 9.17) is 0 Å². The average molecular weight is 333 g/mol. The zero-order valence-electron chi connectivity index (χ0n) is 13.9. The number of hydrogen-bond acceptors (Lipinski definition) is 5. The van der Waals surface area contributed by atoms with Gasteiger partial charge in [0.05, 0.1) is 18.9 Å². The van der Waals surface area contributed by atoms with Gasteiger partial charge >= 0.3 is 0 Å². The van der Waals surface area contributed by atoms with Crippen LogP contribution < -0.4 is 5.32 Å². The van der Waals surface area contributed by atoms with Crippen molar-refractivity contribution in [1.29, 1.82) is 0 Å². The molecule has 1 aliphatic rings. The lowest BCUT2D eigenvalue weighted by atomic mass is 10.0. The standard InChI is InChI=1S/C19H19N5O/c25-19(13-24-7-1-2-8-24)23-18-10-17-9-14(3-4-15(17)11-20-18)16-5-6-21-22-12-16/h3-6,9-12H,1-2,7-8,13H2,(H,20,23,25). The minimum atomic E-state index is -0.0109. The lowest BCUT2D eigenvalue weighted by molar-refractivity contribution is -0.117. The van der Waals surface area contributed by atoms with Gasteiger partial charge < -0.3 is 5.32 Å². The molecule has 4 rings (SSSR count). The first-order valence-corrected chi connectivity index (χ1v) is 8.47. The molecule has 1 fully saturated rings. The molecule has 3 heterocycles. The number of pyridine rings is 1. The van der Waals surface area contributed by atoms with Crippen molar-refractivity contribution in [2.75, 3.05) is 25.0 Å². The number of anilines is 1. The Labute approximate surface area is 145 Å². The normalized spacial score (nSPS) is 14.7. The summed E-state index contributed by atoms with van der Waals surface area (Å²) in [6.45, 7) is 2.44. The fourth-order valence-electron chi connectivity index (χ4n) is 3.18. The Kier molecular flexibility index (Phi) is 4.35. The third kappa shape index (κ3) is 3.64. The highest BCUT2D eigenvalue weighted by atomic mass is 16.2. The zero-order chi connectivity index (χ0) is 17.1. The lowest BCUT2D eigenvalue weighted by Crippen LogP contribution is -2.31. The smallest absolute Gasteiger partial charge is 0.239 e. The van der Waals surface area contributed by atoms with Crippen molar-refractivity contribution in [2.45, 2.75) is 12.8 Å². The molecule has 0 unspecified atom stereocenters. The number of rotatable bonds is 4. The molecular formula is C19H19N5O. The average Bonchev–Trinajstić information content (AvgIpc) is 3.14. The number of amides is 1. The summed E-state index contributed by atoms with van der Waals surface area (Å²) in [4.78, 5) is 18.7. The van der Waals surface area contributed by atoms with Gasteiger partial charge in [0.25, 0.3) is 0 Å². The van der Waals surface area contributed by atoms with Gasteiger partial charge in [-0.3, -0.25) is 9.69 Å². The monoisotopic (exact) mass is 333 g/mol. The molecule has 1 aromatic carbocycles. The van der Waals surface area contributed by atoms with Gasteiger partial charge in [-0.15, -0.1) is 0 Å². The van der Waals surface area contributed by atoms with Crippen LogP contribution in [0, 0.1) is 0 Å². The molecule has 0 radical (unpaired) electrons. The number of fused-ring (bicyclic) bond motifs is 1. The van der Waals surface area contributed by atoms with Crippen molar-refractivity contribution in [3.8, 4) is 11.1 Å². The molecule has 0 spiro atoms. The maximum Gasteiger partial charge on any atom is 0.239 e. The third-order valence-corrected chi connectivity index (χ3v) is 4.47. The maximum atomic E-state index is 12.2. The molecular weight excluding hydrogens is 314 g/mol. The summed E-state index contributed by atoms with van der Waals surface area (Å²) in [5.74, 6) is 0.574. The Bertz CT molecular complexity index is 891. The van der Waals surface area contributed by atoms with E-state index in [0.29, 0.717) is 12.4 Å². The SMILES string of the molecule is O=C(CN1CCCC1)Nc1cc2cc(-c3ccnnc3)ccc2cn1. The predicted molar refractivity (Wildman–Crippen MR) is 97.1 cm³/mol. The molecule has 0 aliphatic carbocycles. The Morgan fingerprint density at radius 2 is 1.88 bits per heavy atom. The van der Waals surface area contributed by atoms with Crippen molar-refractivity contribution in [1.82, 2.24) is 20.1 Å². The van der Waals surface area contributed by atoms with Gasteiger partial charge in [0, 0.05) is 17.1 Å². The van der Waals surface area contributed by atoms with Gasteiger partial charge in [-0.1, -0.05) is 12.1 Å². The minimum Gasteiger partial charge on any atom is -0.310 e. The number of nitrogens with one attached hydrogen (secondary N) is 1. The van der Waals surface area contributed by atoms with E-state index in [9.17, 15) is 4.79 Å². The quantitative estimate of drug-likeness (QED) is 0.795. The van der Waals surface area contributed by atoms with Gasteiger partial charge in [-0.05, 0) is 55.1 Å². The van der Waals surface area contributed by atoms with Crippen molar-refractivity contribution in [3.63, 3.8) is 0 Å². The van der Waals surface area contributed by atoms with E-state index in [0.717, 1.165) is 35.0 Å². The summed E-state index contributed by atoms with van der Waals surface area (Å²) >= 11 is 0. The van der Waals surface area contributed by atoms with Crippen molar-refractivity contribution in [3.05, 3.63) is 48.9 Å². The van der Waals surface area contributed by atoms with Gasteiger partial charge in [0.15, 0.2) is 0 Å². The number of benzene rings is 1. The van der Waals surface area contributed by atoms with E-state index in [1.807, 2.05) is 24.3 Å². The molecule has 126 valence electrons. The van der Waals surface area contributed by atoms with Crippen LogP contribution >= 0.6 is 0 Å². The predicted octanol–water partition coefficient (Wildman–Crippen LogP) is 2.73. The summed E-state index contributed by atoms with van der Waals surface area (Å²) in [5, 5.41) is 12.7. The number of aromatic nitrogens is 3. The second-order valence-electron chi connectivity index (χ2n) is 6.29. The number of likely N-dealkylation sites (tertiary alicyclic amines) is 1. The topological polar surface area (TPSA) is 71.0 Å². The first-order valence-electron chi connectivity index (χ1n) is 8.47. The van der Waals surface area contributed by atoms with Crippen molar-refractivity contribution in [2.24, 2.45) is 0 Å². The highest BCUT2D eigenvalue weighted by Gasteiger charge is 2.15. The van der Waals surface area contributed by atoms with Crippen LogP contribution in [0.5, 0.6) is 0 Å². The minimum absolute atomic E-state index is 0.0109. The number of carbonyl (C=O) groups is 1. The van der Waals surface area contributed by atoms with Crippen LogP contribution in [-0.2, 0) is 4.79 Å². The van der Waals surface area contributed by atoms with E-state index in [2.05, 4.69) is 31.5 Å². The Hall–Kier alpha value is -2.86. The summed E-state index contributed by atoms with van der Waals surface area (Å²) in [6.07, 6.45) is 7.55. The molecule has 1 N–H and O–H groups in total. The fraction of sp³-hybridized carbons (Fsp3) is 0.263. The van der Waals surface area contributed by atoms with Crippen LogP contribution in [0.15, 0.2) is 48.9 Å². The second-order valence-corrected chi connectivity index (χ2v) is 6.29. The summed E-state index contributed by atoms with van der Waals surface area (Å²) in [5.41, 5.74) is 2.07. The molecule has 0 atom stereocenters. The van der Waals surface area contributed by atoms with Gasteiger partial charge in [-0.2, -0.15) is 10.2 Å². The van der Waals surface area contributed by atoms with Gasteiger partial charge in [0.1, 0.15) is 5.82 Å². The first-order chi connectivity index (χ1) is 12.3. The molecule has 6 nitrogen and oxygen atoms in total. The fourth-order valence-corrected chi connectivity index (χ4v) is 3.18. The molecule has 1 amide bonds. The van der Waals surface area contributed by atoms with Gasteiger partial charge in [-0.25, -0.2) is 4.98 Å². The van der Waals surface area contributed by atoms with Crippen LogP contribution in [0.25, 0.3) is 21.9 Å². The molecule has 2 aromatic heterocycles. The lowest BCUT2D eigenvalue weighted by Gasteiger charge is -2.14. The largest absolute Gasteiger partial charge is 0.310 e. The van der Waals surface area contributed by atoms with E-state index in [-0.39, 0.29) is 5.91 Å². The van der Waals surface area contributed by atoms with E-state index < -0.39 is 0 Å². The van der Waals surface area contributed by atoms with E-state index >= 15 is 0 Å².